The van der Waals surface area contributed by atoms with E-state index in [1.165, 1.54) is 6.07 Å². The third-order valence-corrected chi connectivity index (χ3v) is 2.37. The van der Waals surface area contributed by atoms with Gasteiger partial charge < -0.3 is 9.47 Å². The highest BCUT2D eigenvalue weighted by atomic mass is 79.9. The number of hydrogen-bond acceptors (Lipinski definition) is 2. The zero-order valence-electron chi connectivity index (χ0n) is 8.01. The van der Waals surface area contributed by atoms with Crippen molar-refractivity contribution < 1.29 is 13.9 Å². The van der Waals surface area contributed by atoms with Gasteiger partial charge in [-0.3, -0.25) is 0 Å². The Hall–Kier alpha value is -0.320. The minimum atomic E-state index is -0.305. The molecular formula is C10H11BrClFO2. The van der Waals surface area contributed by atoms with Gasteiger partial charge in [0, 0.05) is 5.88 Å². The van der Waals surface area contributed by atoms with Crippen molar-refractivity contribution in [2.45, 2.75) is 0 Å². The van der Waals surface area contributed by atoms with Crippen LogP contribution < -0.4 is 4.74 Å². The fourth-order valence-electron chi connectivity index (χ4n) is 0.942. The molecule has 0 heterocycles. The van der Waals surface area contributed by atoms with Gasteiger partial charge in [-0.25, -0.2) is 4.39 Å². The molecule has 0 aliphatic heterocycles. The average molecular weight is 298 g/mol. The molecule has 5 heteroatoms. The highest BCUT2D eigenvalue weighted by molar-refractivity contribution is 9.10. The van der Waals surface area contributed by atoms with Crippen LogP contribution in [0.5, 0.6) is 5.75 Å². The second-order valence-electron chi connectivity index (χ2n) is 2.73. The number of halogens is 3. The Morgan fingerprint density at radius 3 is 2.73 bits per heavy atom. The van der Waals surface area contributed by atoms with Gasteiger partial charge in [0.15, 0.2) is 0 Å². The molecule has 0 unspecified atom stereocenters. The molecule has 0 fully saturated rings. The number of alkyl halides is 1. The first-order valence-corrected chi connectivity index (χ1v) is 5.78. The smallest absolute Gasteiger partial charge is 0.137 e. The van der Waals surface area contributed by atoms with E-state index in [2.05, 4.69) is 15.9 Å². The fraction of sp³-hybridized carbons (Fsp3) is 0.400. The topological polar surface area (TPSA) is 18.5 Å². The van der Waals surface area contributed by atoms with E-state index in [0.717, 1.165) is 0 Å². The summed E-state index contributed by atoms with van der Waals surface area (Å²) in [5, 5.41) is 0. The van der Waals surface area contributed by atoms with Gasteiger partial charge in [-0.05, 0) is 34.1 Å². The van der Waals surface area contributed by atoms with Crippen LogP contribution in [0.15, 0.2) is 22.7 Å². The summed E-state index contributed by atoms with van der Waals surface area (Å²) < 4.78 is 23.7. The fourth-order valence-corrected chi connectivity index (χ4v) is 1.41. The third kappa shape index (κ3) is 4.82. The summed E-state index contributed by atoms with van der Waals surface area (Å²) in [4.78, 5) is 0. The Bertz CT molecular complexity index is 309. The second-order valence-corrected chi connectivity index (χ2v) is 3.96. The van der Waals surface area contributed by atoms with Crippen molar-refractivity contribution in [2.75, 3.05) is 25.7 Å². The lowest BCUT2D eigenvalue weighted by Crippen LogP contribution is -2.08. The van der Waals surface area contributed by atoms with Crippen molar-refractivity contribution in [3.63, 3.8) is 0 Å². The van der Waals surface area contributed by atoms with Gasteiger partial charge in [0.2, 0.25) is 0 Å². The minimum absolute atomic E-state index is 0.305. The number of rotatable bonds is 6. The molecule has 0 aliphatic rings. The largest absolute Gasteiger partial charge is 0.491 e. The van der Waals surface area contributed by atoms with E-state index in [1.807, 2.05) is 0 Å². The molecular weight excluding hydrogens is 286 g/mol. The summed E-state index contributed by atoms with van der Waals surface area (Å²) in [6.07, 6.45) is 0. The Morgan fingerprint density at radius 2 is 2.07 bits per heavy atom. The average Bonchev–Trinajstić information content (AvgIpc) is 2.23. The maximum Gasteiger partial charge on any atom is 0.137 e. The number of ether oxygens (including phenoxy) is 2. The molecule has 84 valence electrons. The van der Waals surface area contributed by atoms with Crippen molar-refractivity contribution >= 4 is 27.5 Å². The normalized spacial score (nSPS) is 10.3. The quantitative estimate of drug-likeness (QED) is 0.593. The van der Waals surface area contributed by atoms with Crippen molar-refractivity contribution in [3.8, 4) is 5.75 Å². The Labute approximate surface area is 101 Å². The molecule has 0 atom stereocenters. The molecule has 15 heavy (non-hydrogen) atoms. The Balaban J connectivity index is 2.28. The number of benzene rings is 1. The standard InChI is InChI=1S/C10H11BrClFO2/c11-9-7-8(1-2-10(9)13)15-6-5-14-4-3-12/h1-2,7H,3-6H2. The van der Waals surface area contributed by atoms with Crippen molar-refractivity contribution in [3.05, 3.63) is 28.5 Å². The monoisotopic (exact) mass is 296 g/mol. The van der Waals surface area contributed by atoms with E-state index in [9.17, 15) is 4.39 Å². The molecule has 1 aromatic rings. The summed E-state index contributed by atoms with van der Waals surface area (Å²) >= 11 is 8.50. The molecule has 0 aromatic heterocycles. The Morgan fingerprint density at radius 1 is 1.27 bits per heavy atom. The van der Waals surface area contributed by atoms with Crippen molar-refractivity contribution in [2.24, 2.45) is 0 Å². The van der Waals surface area contributed by atoms with E-state index in [1.54, 1.807) is 12.1 Å². The summed E-state index contributed by atoms with van der Waals surface area (Å²) in [7, 11) is 0. The maximum absolute atomic E-state index is 12.8. The molecule has 0 aliphatic carbocycles. The van der Waals surface area contributed by atoms with Crippen LogP contribution in [0.3, 0.4) is 0 Å². The first-order chi connectivity index (χ1) is 7.24. The first kappa shape index (κ1) is 12.7. The van der Waals surface area contributed by atoms with Gasteiger partial charge in [-0.1, -0.05) is 0 Å². The minimum Gasteiger partial charge on any atom is -0.491 e. The highest BCUT2D eigenvalue weighted by Gasteiger charge is 2.00. The summed E-state index contributed by atoms with van der Waals surface area (Å²) in [6.45, 7) is 1.41. The van der Waals surface area contributed by atoms with Gasteiger partial charge in [0.05, 0.1) is 17.7 Å². The van der Waals surface area contributed by atoms with Gasteiger partial charge in [-0.15, -0.1) is 11.6 Å². The van der Waals surface area contributed by atoms with Crippen LogP contribution in [0, 0.1) is 5.82 Å². The molecule has 1 rings (SSSR count). The van der Waals surface area contributed by atoms with E-state index < -0.39 is 0 Å². The summed E-state index contributed by atoms with van der Waals surface area (Å²) in [6, 6.07) is 4.50. The lowest BCUT2D eigenvalue weighted by molar-refractivity contribution is 0.111. The van der Waals surface area contributed by atoms with Crippen molar-refractivity contribution in [1.29, 1.82) is 0 Å². The zero-order valence-corrected chi connectivity index (χ0v) is 10.4. The predicted molar refractivity (Wildman–Crippen MR) is 61.1 cm³/mol. The van der Waals surface area contributed by atoms with Gasteiger partial charge >= 0.3 is 0 Å². The number of hydrogen-bond donors (Lipinski definition) is 0. The molecule has 0 radical (unpaired) electrons. The molecule has 0 saturated heterocycles. The summed E-state index contributed by atoms with van der Waals surface area (Å²) in [5.41, 5.74) is 0. The third-order valence-electron chi connectivity index (χ3n) is 1.61. The van der Waals surface area contributed by atoms with Crippen molar-refractivity contribution in [1.82, 2.24) is 0 Å². The summed E-state index contributed by atoms with van der Waals surface area (Å²) in [5.74, 6) is 0.778. The zero-order chi connectivity index (χ0) is 11.1. The van der Waals surface area contributed by atoms with Crippen LogP contribution in [0.25, 0.3) is 0 Å². The molecule has 0 bridgehead atoms. The van der Waals surface area contributed by atoms with Gasteiger partial charge in [0.25, 0.3) is 0 Å². The van der Waals surface area contributed by atoms with Crippen LogP contribution in [0.2, 0.25) is 0 Å². The molecule has 2 nitrogen and oxygen atoms in total. The van der Waals surface area contributed by atoms with Crippen LogP contribution in [-0.2, 0) is 4.74 Å². The molecule has 0 saturated carbocycles. The lowest BCUT2D eigenvalue weighted by atomic mass is 10.3. The second kappa shape index (κ2) is 7.04. The first-order valence-electron chi connectivity index (χ1n) is 4.45. The van der Waals surface area contributed by atoms with Crippen LogP contribution in [0.4, 0.5) is 4.39 Å². The van der Waals surface area contributed by atoms with Crippen LogP contribution in [-0.4, -0.2) is 25.7 Å². The van der Waals surface area contributed by atoms with Crippen LogP contribution >= 0.6 is 27.5 Å². The lowest BCUT2D eigenvalue weighted by Gasteiger charge is -2.06. The van der Waals surface area contributed by atoms with Gasteiger partial charge in [-0.2, -0.15) is 0 Å². The molecule has 1 aromatic carbocycles. The predicted octanol–water partition coefficient (Wildman–Crippen LogP) is 3.22. The van der Waals surface area contributed by atoms with E-state index in [0.29, 0.717) is 35.9 Å². The SMILES string of the molecule is Fc1ccc(OCCOCCCl)cc1Br. The Kier molecular flexibility index (Phi) is 5.98. The maximum atomic E-state index is 12.8. The van der Waals surface area contributed by atoms with Gasteiger partial charge in [0.1, 0.15) is 18.2 Å². The molecule has 0 N–H and O–H groups in total. The van der Waals surface area contributed by atoms with Crippen LogP contribution in [0.1, 0.15) is 0 Å². The van der Waals surface area contributed by atoms with E-state index in [-0.39, 0.29) is 5.82 Å². The van der Waals surface area contributed by atoms with E-state index >= 15 is 0 Å². The highest BCUT2D eigenvalue weighted by Crippen LogP contribution is 2.21. The molecule has 0 amide bonds. The van der Waals surface area contributed by atoms with E-state index in [4.69, 9.17) is 21.1 Å². The molecule has 0 spiro atoms.